The third-order valence-corrected chi connectivity index (χ3v) is 4.34. The van der Waals surface area contributed by atoms with Crippen molar-refractivity contribution in [3.8, 4) is 0 Å². The first-order valence-corrected chi connectivity index (χ1v) is 8.10. The zero-order valence-corrected chi connectivity index (χ0v) is 13.4. The topological polar surface area (TPSA) is 55.6 Å². The predicted octanol–water partition coefficient (Wildman–Crippen LogP) is 3.10. The minimum absolute atomic E-state index is 0.617. The molecule has 0 aliphatic rings. The fraction of sp³-hybridized carbons (Fsp3) is 0.400. The number of aryl methyl sites for hydroxylation is 2. The number of thiophene rings is 1. The van der Waals surface area contributed by atoms with Crippen molar-refractivity contribution in [2.24, 2.45) is 0 Å². The van der Waals surface area contributed by atoms with E-state index >= 15 is 0 Å². The van der Waals surface area contributed by atoms with Crippen LogP contribution in [0.2, 0.25) is 0 Å². The van der Waals surface area contributed by atoms with Crippen molar-refractivity contribution >= 4 is 27.4 Å². The SMILES string of the molecule is CCc1cc(CC)n(Cc2nc(NC)c3ccsc3n2)n1. The zero-order chi connectivity index (χ0) is 14.8. The van der Waals surface area contributed by atoms with Gasteiger partial charge < -0.3 is 5.32 Å². The Balaban J connectivity index is 1.99. The lowest BCUT2D eigenvalue weighted by Gasteiger charge is -2.07. The molecule has 0 bridgehead atoms. The summed E-state index contributed by atoms with van der Waals surface area (Å²) in [4.78, 5) is 10.3. The van der Waals surface area contributed by atoms with Crippen molar-refractivity contribution in [3.05, 3.63) is 34.7 Å². The van der Waals surface area contributed by atoms with Gasteiger partial charge in [-0.25, -0.2) is 9.97 Å². The first kappa shape index (κ1) is 14.0. The molecule has 1 N–H and O–H groups in total. The lowest BCUT2D eigenvalue weighted by Crippen LogP contribution is -2.10. The lowest BCUT2D eigenvalue weighted by molar-refractivity contribution is 0.619. The molecule has 0 saturated heterocycles. The van der Waals surface area contributed by atoms with Gasteiger partial charge in [0.05, 0.1) is 11.1 Å². The molecule has 0 aromatic carbocycles. The molecule has 0 radical (unpaired) electrons. The van der Waals surface area contributed by atoms with Gasteiger partial charge in [-0.3, -0.25) is 4.68 Å². The Morgan fingerprint density at radius 1 is 1.24 bits per heavy atom. The molecule has 0 fully saturated rings. The lowest BCUT2D eigenvalue weighted by atomic mass is 10.2. The maximum absolute atomic E-state index is 4.66. The van der Waals surface area contributed by atoms with E-state index in [9.17, 15) is 0 Å². The molecule has 0 atom stereocenters. The van der Waals surface area contributed by atoms with E-state index in [0.29, 0.717) is 6.54 Å². The van der Waals surface area contributed by atoms with Gasteiger partial charge >= 0.3 is 0 Å². The van der Waals surface area contributed by atoms with E-state index in [2.05, 4.69) is 46.4 Å². The van der Waals surface area contributed by atoms with Crippen LogP contribution in [0.25, 0.3) is 10.2 Å². The highest BCUT2D eigenvalue weighted by Crippen LogP contribution is 2.25. The Morgan fingerprint density at radius 3 is 2.81 bits per heavy atom. The highest BCUT2D eigenvalue weighted by Gasteiger charge is 2.11. The molecule has 0 aliphatic carbocycles. The van der Waals surface area contributed by atoms with Crippen LogP contribution in [0.15, 0.2) is 17.5 Å². The number of rotatable bonds is 5. The summed E-state index contributed by atoms with van der Waals surface area (Å²) >= 11 is 1.64. The monoisotopic (exact) mass is 301 g/mol. The number of hydrogen-bond donors (Lipinski definition) is 1. The van der Waals surface area contributed by atoms with Crippen molar-refractivity contribution in [2.75, 3.05) is 12.4 Å². The number of anilines is 1. The molecule has 21 heavy (non-hydrogen) atoms. The van der Waals surface area contributed by atoms with Gasteiger partial charge in [0.2, 0.25) is 0 Å². The molecule has 0 saturated carbocycles. The number of aromatic nitrogens is 4. The Bertz CT molecular complexity index is 759. The standard InChI is InChI=1S/C15H19N5S/c1-4-10-8-11(5-2)20(19-10)9-13-17-14(16-3)12-6-7-21-15(12)18-13/h6-8H,4-5,9H2,1-3H3,(H,16,17,18). The Morgan fingerprint density at radius 2 is 2.10 bits per heavy atom. The molecule has 0 aliphatic heterocycles. The molecule has 0 amide bonds. The molecule has 6 heteroatoms. The number of nitrogens with one attached hydrogen (secondary N) is 1. The zero-order valence-electron chi connectivity index (χ0n) is 12.6. The van der Waals surface area contributed by atoms with Crippen molar-refractivity contribution in [3.63, 3.8) is 0 Å². The van der Waals surface area contributed by atoms with Gasteiger partial charge in [-0.05, 0) is 30.4 Å². The number of hydrogen-bond acceptors (Lipinski definition) is 5. The van der Waals surface area contributed by atoms with E-state index in [4.69, 9.17) is 0 Å². The molecule has 3 rings (SSSR count). The van der Waals surface area contributed by atoms with Crippen molar-refractivity contribution < 1.29 is 0 Å². The molecule has 110 valence electrons. The highest BCUT2D eigenvalue weighted by atomic mass is 32.1. The third kappa shape index (κ3) is 2.63. The van der Waals surface area contributed by atoms with Crippen LogP contribution in [0.5, 0.6) is 0 Å². The van der Waals surface area contributed by atoms with Crippen LogP contribution in [0.3, 0.4) is 0 Å². The Hall–Kier alpha value is -1.95. The second-order valence-corrected chi connectivity index (χ2v) is 5.76. The molecular formula is C15H19N5S. The largest absolute Gasteiger partial charge is 0.372 e. The summed E-state index contributed by atoms with van der Waals surface area (Å²) in [7, 11) is 1.89. The third-order valence-electron chi connectivity index (χ3n) is 3.54. The minimum atomic E-state index is 0.617. The molecular weight excluding hydrogens is 282 g/mol. The Labute approximate surface area is 128 Å². The average molecular weight is 301 g/mol. The second kappa shape index (κ2) is 5.81. The maximum Gasteiger partial charge on any atom is 0.153 e. The molecule has 3 heterocycles. The quantitative estimate of drug-likeness (QED) is 0.787. The summed E-state index contributed by atoms with van der Waals surface area (Å²) in [5.41, 5.74) is 2.35. The van der Waals surface area contributed by atoms with Gasteiger partial charge in [-0.2, -0.15) is 5.10 Å². The van der Waals surface area contributed by atoms with Crippen LogP contribution in [-0.4, -0.2) is 26.8 Å². The summed E-state index contributed by atoms with van der Waals surface area (Å²) in [6.07, 6.45) is 1.92. The summed E-state index contributed by atoms with van der Waals surface area (Å²) < 4.78 is 2.02. The van der Waals surface area contributed by atoms with Crippen molar-refractivity contribution in [1.29, 1.82) is 0 Å². The maximum atomic E-state index is 4.66. The molecule has 0 spiro atoms. The van der Waals surface area contributed by atoms with E-state index in [1.165, 1.54) is 5.69 Å². The van der Waals surface area contributed by atoms with Gasteiger partial charge in [-0.1, -0.05) is 13.8 Å². The van der Waals surface area contributed by atoms with Crippen LogP contribution in [0.1, 0.15) is 31.1 Å². The van der Waals surface area contributed by atoms with Gasteiger partial charge in [0.15, 0.2) is 5.82 Å². The summed E-state index contributed by atoms with van der Waals surface area (Å²) in [6, 6.07) is 4.22. The molecule has 3 aromatic rings. The fourth-order valence-electron chi connectivity index (χ4n) is 2.40. The normalized spacial score (nSPS) is 11.2. The van der Waals surface area contributed by atoms with Crippen LogP contribution < -0.4 is 5.32 Å². The molecule has 5 nitrogen and oxygen atoms in total. The highest BCUT2D eigenvalue weighted by molar-refractivity contribution is 7.16. The fourth-order valence-corrected chi connectivity index (χ4v) is 3.19. The van der Waals surface area contributed by atoms with Gasteiger partial charge in [-0.15, -0.1) is 11.3 Å². The predicted molar refractivity (Wildman–Crippen MR) is 87.0 cm³/mol. The van der Waals surface area contributed by atoms with Crippen LogP contribution in [0.4, 0.5) is 5.82 Å². The smallest absolute Gasteiger partial charge is 0.153 e. The average Bonchev–Trinajstić information content (AvgIpc) is 3.12. The molecule has 3 aromatic heterocycles. The molecule has 0 unspecified atom stereocenters. The second-order valence-electron chi connectivity index (χ2n) is 4.87. The Kier molecular flexibility index (Phi) is 3.88. The van der Waals surface area contributed by atoms with Gasteiger partial charge in [0.25, 0.3) is 0 Å². The number of nitrogens with zero attached hydrogens (tertiary/aromatic N) is 4. The van der Waals surface area contributed by atoms with Crippen molar-refractivity contribution in [2.45, 2.75) is 33.2 Å². The van der Waals surface area contributed by atoms with E-state index in [1.54, 1.807) is 11.3 Å². The first-order valence-electron chi connectivity index (χ1n) is 7.22. The van der Waals surface area contributed by atoms with Crippen LogP contribution in [-0.2, 0) is 19.4 Å². The van der Waals surface area contributed by atoms with E-state index in [0.717, 1.165) is 40.4 Å². The minimum Gasteiger partial charge on any atom is -0.372 e. The van der Waals surface area contributed by atoms with Gasteiger partial charge in [0, 0.05) is 12.7 Å². The van der Waals surface area contributed by atoms with Gasteiger partial charge in [0.1, 0.15) is 17.2 Å². The number of fused-ring (bicyclic) bond motifs is 1. The summed E-state index contributed by atoms with van der Waals surface area (Å²) in [5, 5.41) is 10.9. The first-order chi connectivity index (χ1) is 10.2. The summed E-state index contributed by atoms with van der Waals surface area (Å²) in [6.45, 7) is 4.89. The van der Waals surface area contributed by atoms with E-state index in [-0.39, 0.29) is 0 Å². The van der Waals surface area contributed by atoms with E-state index in [1.807, 2.05) is 17.1 Å². The van der Waals surface area contributed by atoms with Crippen LogP contribution >= 0.6 is 11.3 Å². The van der Waals surface area contributed by atoms with Crippen LogP contribution in [0, 0.1) is 0 Å². The van der Waals surface area contributed by atoms with Crippen molar-refractivity contribution in [1.82, 2.24) is 19.7 Å². The van der Waals surface area contributed by atoms with E-state index < -0.39 is 0 Å². The summed E-state index contributed by atoms with van der Waals surface area (Å²) in [5.74, 6) is 1.69.